The molecule has 3 N–H and O–H groups in total. The van der Waals surface area contributed by atoms with Crippen molar-refractivity contribution in [2.75, 3.05) is 145 Å². The van der Waals surface area contributed by atoms with Crippen molar-refractivity contribution < 1.29 is 67.4 Å². The van der Waals surface area contributed by atoms with Gasteiger partial charge in [-0.3, -0.25) is 0 Å². The first-order valence-corrected chi connectivity index (χ1v) is 25.1. The Morgan fingerprint density at radius 3 is 1.52 bits per heavy atom. The summed E-state index contributed by atoms with van der Waals surface area (Å²) in [6.45, 7) is 20.6. The molecule has 0 aromatic heterocycles. The molecular weight excluding hydrogens is 813 g/mol. The topological polar surface area (TPSA) is 162 Å². The summed E-state index contributed by atoms with van der Waals surface area (Å²) in [4.78, 5) is 0. The van der Waals surface area contributed by atoms with Crippen molar-refractivity contribution in [2.24, 2.45) is 46.3 Å². The minimum atomic E-state index is -0.230. The number of hydrogen-bond donors (Lipinski definition) is 3. The smallest absolute Gasteiger partial charge is 0.0704 e. The summed E-state index contributed by atoms with van der Waals surface area (Å²) in [6, 6.07) is 0. The van der Waals surface area contributed by atoms with Crippen LogP contribution < -0.4 is 0 Å². The van der Waals surface area contributed by atoms with E-state index in [-0.39, 0.29) is 42.4 Å². The monoisotopic (exact) mass is 905 g/mol. The highest BCUT2D eigenvalue weighted by atomic mass is 16.6. The normalized spacial score (nSPS) is 30.9. The minimum absolute atomic E-state index is 0.0233. The first-order valence-electron chi connectivity index (χ1n) is 25.1. The van der Waals surface area contributed by atoms with Crippen LogP contribution in [0.5, 0.6) is 0 Å². The molecule has 4 fully saturated rings. The van der Waals surface area contributed by atoms with Gasteiger partial charge in [-0.05, 0) is 105 Å². The van der Waals surface area contributed by atoms with E-state index in [2.05, 4.69) is 27.7 Å². The standard InChI is InChI=1S/C49H92O14/c1-5-9-39(2)42-10-11-43-47-44(38-46(49(42,43)4)63-35-33-61-31-29-59-27-26-58-25-24-57-23-21-55-19-15-51)48(3)13-12-41(52)36-40(48)37-45(47)62-34-32-60-30-28-56-22-20-54-17-8-6-7-16-53-18-14-50/h39-47,50-52H,5-38H2,1-4H3/t39-,40+,41-,42-,43+,44+,45-,46+,47+,48+,49-/m1/s1. The lowest BCUT2D eigenvalue weighted by Crippen LogP contribution is -2.63. The Kier molecular flexibility index (Phi) is 28.2. The minimum Gasteiger partial charge on any atom is -0.394 e. The van der Waals surface area contributed by atoms with Crippen molar-refractivity contribution in [2.45, 2.75) is 123 Å². The Morgan fingerprint density at radius 2 is 1.00 bits per heavy atom. The molecule has 0 aromatic carbocycles. The highest BCUT2D eigenvalue weighted by Crippen LogP contribution is 2.69. The molecule has 372 valence electrons. The molecule has 4 rings (SSSR count). The van der Waals surface area contributed by atoms with Gasteiger partial charge in [0, 0.05) is 18.6 Å². The van der Waals surface area contributed by atoms with E-state index in [1.807, 2.05) is 0 Å². The van der Waals surface area contributed by atoms with Gasteiger partial charge >= 0.3 is 0 Å². The zero-order valence-corrected chi connectivity index (χ0v) is 40.1. The second-order valence-electron chi connectivity index (χ2n) is 19.0. The van der Waals surface area contributed by atoms with Crippen LogP contribution in [0, 0.1) is 46.3 Å². The van der Waals surface area contributed by atoms with Gasteiger partial charge in [-0.2, -0.15) is 0 Å². The molecule has 0 radical (unpaired) electrons. The Balaban J connectivity index is 1.21. The van der Waals surface area contributed by atoms with Crippen LogP contribution in [0.3, 0.4) is 0 Å². The molecule has 4 aliphatic carbocycles. The molecule has 0 aromatic rings. The molecule has 4 saturated carbocycles. The Morgan fingerprint density at radius 1 is 0.524 bits per heavy atom. The van der Waals surface area contributed by atoms with Crippen molar-refractivity contribution in [1.82, 2.24) is 0 Å². The molecule has 0 heterocycles. The van der Waals surface area contributed by atoms with Gasteiger partial charge in [0.05, 0.1) is 150 Å². The van der Waals surface area contributed by atoms with Gasteiger partial charge in [0.15, 0.2) is 0 Å². The van der Waals surface area contributed by atoms with Gasteiger partial charge < -0.3 is 67.4 Å². The van der Waals surface area contributed by atoms with Crippen molar-refractivity contribution in [3.8, 4) is 0 Å². The van der Waals surface area contributed by atoms with E-state index < -0.39 is 0 Å². The fraction of sp³-hybridized carbons (Fsp3) is 1.00. The van der Waals surface area contributed by atoms with Crippen LogP contribution in [0.15, 0.2) is 0 Å². The average molecular weight is 905 g/mol. The Bertz CT molecular complexity index is 1120. The van der Waals surface area contributed by atoms with Crippen molar-refractivity contribution >= 4 is 0 Å². The molecule has 0 spiro atoms. The maximum atomic E-state index is 10.9. The largest absolute Gasteiger partial charge is 0.394 e. The zero-order valence-electron chi connectivity index (χ0n) is 40.1. The van der Waals surface area contributed by atoms with Crippen molar-refractivity contribution in [3.05, 3.63) is 0 Å². The van der Waals surface area contributed by atoms with Gasteiger partial charge in [-0.1, -0.05) is 40.5 Å². The lowest BCUT2D eigenvalue weighted by atomic mass is 9.43. The number of aliphatic hydroxyl groups is 3. The summed E-state index contributed by atoms with van der Waals surface area (Å²) in [5.41, 5.74) is 0.219. The van der Waals surface area contributed by atoms with Gasteiger partial charge in [-0.15, -0.1) is 0 Å². The van der Waals surface area contributed by atoms with E-state index in [0.717, 1.165) is 58.0 Å². The van der Waals surface area contributed by atoms with Crippen LogP contribution in [-0.4, -0.2) is 179 Å². The molecule has 4 aliphatic rings. The van der Waals surface area contributed by atoms with E-state index >= 15 is 0 Å². The summed E-state index contributed by atoms with van der Waals surface area (Å²) >= 11 is 0. The van der Waals surface area contributed by atoms with E-state index in [1.165, 1.54) is 25.7 Å². The molecule has 0 amide bonds. The summed E-state index contributed by atoms with van der Waals surface area (Å²) in [5, 5.41) is 28.4. The molecule has 63 heavy (non-hydrogen) atoms. The van der Waals surface area contributed by atoms with Gasteiger partial charge in [-0.25, -0.2) is 0 Å². The van der Waals surface area contributed by atoms with Crippen molar-refractivity contribution in [3.63, 3.8) is 0 Å². The SMILES string of the molecule is CCC[C@@H](C)[C@H]1CC[C@H]2[C@@H]3[C@H](OCCOCCOCCOCCCCCOCCO)C[C@@H]4C[C@H](O)CC[C@]4(C)[C@H]3C[C@H](OCCOCCOCCOCCOCCOCCO)[C@]12C. The van der Waals surface area contributed by atoms with E-state index in [0.29, 0.717) is 161 Å². The third kappa shape index (κ3) is 18.1. The fourth-order valence-electron chi connectivity index (χ4n) is 12.0. The molecule has 14 nitrogen and oxygen atoms in total. The molecule has 0 saturated heterocycles. The maximum Gasteiger partial charge on any atom is 0.0704 e. The Hall–Kier alpha value is -0.560. The number of aliphatic hydroxyl groups excluding tert-OH is 3. The number of rotatable bonds is 39. The second-order valence-corrected chi connectivity index (χ2v) is 19.0. The lowest BCUT2D eigenvalue weighted by Gasteiger charge is -2.64. The molecular formula is C49H92O14. The van der Waals surface area contributed by atoms with Crippen molar-refractivity contribution in [1.29, 1.82) is 0 Å². The van der Waals surface area contributed by atoms with Crippen LogP contribution in [0.2, 0.25) is 0 Å². The molecule has 11 atom stereocenters. The van der Waals surface area contributed by atoms with Crippen LogP contribution in [0.25, 0.3) is 0 Å². The lowest BCUT2D eigenvalue weighted by molar-refractivity contribution is -0.228. The van der Waals surface area contributed by atoms with E-state index in [9.17, 15) is 5.11 Å². The van der Waals surface area contributed by atoms with Crippen LogP contribution in [-0.2, 0) is 52.1 Å². The number of unbranched alkanes of at least 4 members (excludes halogenated alkanes) is 2. The first kappa shape index (κ1) is 55.0. The maximum absolute atomic E-state index is 10.9. The summed E-state index contributed by atoms with van der Waals surface area (Å²) in [5.74, 6) is 3.15. The number of hydrogen-bond acceptors (Lipinski definition) is 14. The van der Waals surface area contributed by atoms with Gasteiger partial charge in [0.2, 0.25) is 0 Å². The summed E-state index contributed by atoms with van der Waals surface area (Å²) in [7, 11) is 0. The van der Waals surface area contributed by atoms with E-state index in [1.54, 1.807) is 0 Å². The zero-order chi connectivity index (χ0) is 45.0. The quantitative estimate of drug-likeness (QED) is 0.0641. The predicted octanol–water partition coefficient (Wildman–Crippen LogP) is 5.74. The summed E-state index contributed by atoms with van der Waals surface area (Å²) < 4.78 is 64.7. The highest BCUT2D eigenvalue weighted by molar-refractivity contribution is 5.15. The van der Waals surface area contributed by atoms with Crippen LogP contribution in [0.4, 0.5) is 0 Å². The third-order valence-corrected chi connectivity index (χ3v) is 15.1. The molecule has 0 aliphatic heterocycles. The van der Waals surface area contributed by atoms with Gasteiger partial charge in [0.25, 0.3) is 0 Å². The first-order chi connectivity index (χ1) is 30.8. The Labute approximate surface area is 381 Å². The number of fused-ring (bicyclic) bond motifs is 5. The van der Waals surface area contributed by atoms with Crippen LogP contribution >= 0.6 is 0 Å². The second kappa shape index (κ2) is 32.2. The molecule has 0 unspecified atom stereocenters. The van der Waals surface area contributed by atoms with Gasteiger partial charge in [0.1, 0.15) is 0 Å². The highest BCUT2D eigenvalue weighted by Gasteiger charge is 2.66. The third-order valence-electron chi connectivity index (χ3n) is 15.1. The fourth-order valence-corrected chi connectivity index (χ4v) is 12.0. The van der Waals surface area contributed by atoms with Crippen LogP contribution in [0.1, 0.15) is 105 Å². The molecule has 14 heteroatoms. The summed E-state index contributed by atoms with van der Waals surface area (Å²) in [6.07, 6.45) is 12.9. The average Bonchev–Trinajstić information content (AvgIpc) is 3.64. The molecule has 0 bridgehead atoms. The van der Waals surface area contributed by atoms with E-state index in [4.69, 9.17) is 62.3 Å². The number of ether oxygens (including phenoxy) is 11. The predicted molar refractivity (Wildman–Crippen MR) is 241 cm³/mol.